The molecule has 2 heteroatoms. The van der Waals surface area contributed by atoms with Gasteiger partial charge in [0.15, 0.2) is 0 Å². The molecule has 1 heterocycles. The van der Waals surface area contributed by atoms with Crippen LogP contribution in [0.5, 0.6) is 0 Å². The normalized spacial score (nSPS) is 24.9. The molecule has 102 valence electrons. The highest BCUT2D eigenvalue weighted by Gasteiger charge is 2.22. The smallest absolute Gasteiger partial charge is 0.00927 e. The predicted octanol–water partition coefficient (Wildman–Crippen LogP) is 3.26. The Labute approximate surface area is 108 Å². The van der Waals surface area contributed by atoms with Crippen LogP contribution in [0.3, 0.4) is 0 Å². The molecular formula is C15H32N2. The quantitative estimate of drug-likeness (QED) is 0.772. The molecule has 0 bridgehead atoms. The highest BCUT2D eigenvalue weighted by atomic mass is 15.2. The molecule has 2 unspecified atom stereocenters. The van der Waals surface area contributed by atoms with Gasteiger partial charge < -0.3 is 10.6 Å². The van der Waals surface area contributed by atoms with Crippen LogP contribution in [-0.4, -0.2) is 30.6 Å². The van der Waals surface area contributed by atoms with Crippen molar-refractivity contribution >= 4 is 0 Å². The lowest BCUT2D eigenvalue weighted by atomic mass is 9.95. The molecule has 2 nitrogen and oxygen atoms in total. The van der Waals surface area contributed by atoms with Crippen LogP contribution >= 0.6 is 0 Å². The zero-order valence-electron chi connectivity index (χ0n) is 12.1. The Hall–Kier alpha value is -0.0800. The fraction of sp³-hybridized carbons (Fsp3) is 1.00. The molecule has 1 rings (SSSR count). The van der Waals surface area contributed by atoms with Gasteiger partial charge in [-0.3, -0.25) is 0 Å². The standard InChI is InChI=1S/C15H32N2/c1-4-15-8-6-5-7-9-17(15)12-14(11-16)10-13(2)3/h13-15H,4-12,16H2,1-3H3. The first-order valence-electron chi connectivity index (χ1n) is 7.61. The van der Waals surface area contributed by atoms with E-state index >= 15 is 0 Å². The van der Waals surface area contributed by atoms with Crippen molar-refractivity contribution in [3.63, 3.8) is 0 Å². The molecular weight excluding hydrogens is 208 g/mol. The second-order valence-corrected chi connectivity index (χ2v) is 6.14. The Morgan fingerprint density at radius 2 is 2.00 bits per heavy atom. The first kappa shape index (κ1) is 15.0. The third-order valence-corrected chi connectivity index (χ3v) is 4.10. The molecule has 1 aliphatic rings. The maximum Gasteiger partial charge on any atom is 0.00927 e. The van der Waals surface area contributed by atoms with Gasteiger partial charge in [0.05, 0.1) is 0 Å². The second-order valence-electron chi connectivity index (χ2n) is 6.14. The van der Waals surface area contributed by atoms with Crippen molar-refractivity contribution in [2.45, 2.75) is 65.3 Å². The third kappa shape index (κ3) is 5.39. The predicted molar refractivity (Wildman–Crippen MR) is 76.1 cm³/mol. The van der Waals surface area contributed by atoms with Crippen molar-refractivity contribution in [3.05, 3.63) is 0 Å². The van der Waals surface area contributed by atoms with Crippen LogP contribution in [-0.2, 0) is 0 Å². The van der Waals surface area contributed by atoms with Crippen molar-refractivity contribution in [2.24, 2.45) is 17.6 Å². The van der Waals surface area contributed by atoms with Gasteiger partial charge in [-0.2, -0.15) is 0 Å². The molecule has 1 saturated heterocycles. The maximum atomic E-state index is 5.94. The summed E-state index contributed by atoms with van der Waals surface area (Å²) in [6, 6.07) is 0.818. The van der Waals surface area contributed by atoms with E-state index in [1.54, 1.807) is 0 Å². The van der Waals surface area contributed by atoms with Gasteiger partial charge in [0.2, 0.25) is 0 Å². The number of rotatable bonds is 6. The Balaban J connectivity index is 2.49. The molecule has 17 heavy (non-hydrogen) atoms. The first-order chi connectivity index (χ1) is 8.17. The van der Waals surface area contributed by atoms with Gasteiger partial charge in [-0.05, 0) is 50.6 Å². The van der Waals surface area contributed by atoms with E-state index in [1.807, 2.05) is 0 Å². The van der Waals surface area contributed by atoms with Crippen molar-refractivity contribution in [1.82, 2.24) is 4.90 Å². The van der Waals surface area contributed by atoms with E-state index in [-0.39, 0.29) is 0 Å². The largest absolute Gasteiger partial charge is 0.330 e. The minimum Gasteiger partial charge on any atom is -0.330 e. The van der Waals surface area contributed by atoms with Gasteiger partial charge in [0.25, 0.3) is 0 Å². The molecule has 0 saturated carbocycles. The maximum absolute atomic E-state index is 5.94. The number of nitrogens with two attached hydrogens (primary N) is 1. The monoisotopic (exact) mass is 240 g/mol. The topological polar surface area (TPSA) is 29.3 Å². The molecule has 0 radical (unpaired) electrons. The lowest BCUT2D eigenvalue weighted by molar-refractivity contribution is 0.158. The van der Waals surface area contributed by atoms with E-state index in [2.05, 4.69) is 25.7 Å². The number of hydrogen-bond acceptors (Lipinski definition) is 2. The summed E-state index contributed by atoms with van der Waals surface area (Å²) < 4.78 is 0. The Morgan fingerprint density at radius 1 is 1.24 bits per heavy atom. The zero-order valence-corrected chi connectivity index (χ0v) is 12.1. The Bertz CT molecular complexity index is 191. The van der Waals surface area contributed by atoms with Gasteiger partial charge in [-0.15, -0.1) is 0 Å². The van der Waals surface area contributed by atoms with E-state index in [4.69, 9.17) is 5.73 Å². The van der Waals surface area contributed by atoms with Gasteiger partial charge in [-0.1, -0.05) is 33.6 Å². The van der Waals surface area contributed by atoms with Gasteiger partial charge in [0, 0.05) is 12.6 Å². The third-order valence-electron chi connectivity index (χ3n) is 4.10. The highest BCUT2D eigenvalue weighted by Crippen LogP contribution is 2.22. The minimum atomic E-state index is 0.696. The SMILES string of the molecule is CCC1CCCCCN1CC(CN)CC(C)C. The molecule has 1 aliphatic heterocycles. The highest BCUT2D eigenvalue weighted by molar-refractivity contribution is 4.77. The summed E-state index contributed by atoms with van der Waals surface area (Å²) >= 11 is 0. The van der Waals surface area contributed by atoms with Crippen LogP contribution in [0.15, 0.2) is 0 Å². The Kier molecular flexibility index (Phi) is 7.14. The summed E-state index contributed by atoms with van der Waals surface area (Å²) in [5.74, 6) is 1.47. The van der Waals surface area contributed by atoms with E-state index in [0.29, 0.717) is 5.92 Å². The van der Waals surface area contributed by atoms with Gasteiger partial charge in [-0.25, -0.2) is 0 Å². The fourth-order valence-corrected chi connectivity index (χ4v) is 3.18. The van der Waals surface area contributed by atoms with Gasteiger partial charge in [0.1, 0.15) is 0 Å². The summed E-state index contributed by atoms with van der Waals surface area (Å²) in [5.41, 5.74) is 5.94. The summed E-state index contributed by atoms with van der Waals surface area (Å²) in [7, 11) is 0. The molecule has 0 aromatic heterocycles. The molecule has 2 atom stereocenters. The molecule has 1 fully saturated rings. The fourth-order valence-electron chi connectivity index (χ4n) is 3.18. The van der Waals surface area contributed by atoms with E-state index in [1.165, 1.54) is 51.6 Å². The van der Waals surface area contributed by atoms with Crippen molar-refractivity contribution < 1.29 is 0 Å². The molecule has 0 aromatic rings. The Morgan fingerprint density at radius 3 is 2.59 bits per heavy atom. The molecule has 0 amide bonds. The first-order valence-corrected chi connectivity index (χ1v) is 7.61. The molecule has 0 aromatic carbocycles. The lowest BCUT2D eigenvalue weighted by Crippen LogP contribution is -2.40. The summed E-state index contributed by atoms with van der Waals surface area (Å²) in [4.78, 5) is 2.73. The van der Waals surface area contributed by atoms with Crippen molar-refractivity contribution in [1.29, 1.82) is 0 Å². The summed E-state index contributed by atoms with van der Waals surface area (Å²) in [6.45, 7) is 10.3. The van der Waals surface area contributed by atoms with Crippen LogP contribution in [0.25, 0.3) is 0 Å². The lowest BCUT2D eigenvalue weighted by Gasteiger charge is -2.32. The van der Waals surface area contributed by atoms with Crippen LogP contribution in [0.4, 0.5) is 0 Å². The number of nitrogens with zero attached hydrogens (tertiary/aromatic N) is 1. The number of hydrogen-bond donors (Lipinski definition) is 1. The van der Waals surface area contributed by atoms with Crippen LogP contribution in [0.2, 0.25) is 0 Å². The van der Waals surface area contributed by atoms with Gasteiger partial charge >= 0.3 is 0 Å². The molecule has 0 spiro atoms. The summed E-state index contributed by atoms with van der Waals surface area (Å²) in [5, 5.41) is 0. The zero-order chi connectivity index (χ0) is 12.7. The van der Waals surface area contributed by atoms with Crippen molar-refractivity contribution in [3.8, 4) is 0 Å². The van der Waals surface area contributed by atoms with Crippen molar-refractivity contribution in [2.75, 3.05) is 19.6 Å². The van der Waals surface area contributed by atoms with E-state index < -0.39 is 0 Å². The summed E-state index contributed by atoms with van der Waals surface area (Å²) in [6.07, 6.45) is 8.21. The van der Waals surface area contributed by atoms with E-state index in [9.17, 15) is 0 Å². The average Bonchev–Trinajstić information content (AvgIpc) is 2.52. The van der Waals surface area contributed by atoms with Crippen LogP contribution in [0.1, 0.15) is 59.3 Å². The van der Waals surface area contributed by atoms with E-state index in [0.717, 1.165) is 18.5 Å². The van der Waals surface area contributed by atoms with Crippen LogP contribution in [0, 0.1) is 11.8 Å². The second kappa shape index (κ2) is 8.10. The molecule has 2 N–H and O–H groups in total. The minimum absolute atomic E-state index is 0.696. The number of likely N-dealkylation sites (tertiary alicyclic amines) is 1. The molecule has 0 aliphatic carbocycles. The average molecular weight is 240 g/mol. The van der Waals surface area contributed by atoms with Crippen LogP contribution < -0.4 is 5.73 Å².